The van der Waals surface area contributed by atoms with Crippen LogP contribution in [0.1, 0.15) is 35.4 Å². The molecule has 0 N–H and O–H groups in total. The van der Waals surface area contributed by atoms with Gasteiger partial charge < -0.3 is 14.5 Å². The van der Waals surface area contributed by atoms with E-state index in [1.165, 1.54) is 11.3 Å². The molecule has 0 bridgehead atoms. The fourth-order valence-electron chi connectivity index (χ4n) is 2.85. The quantitative estimate of drug-likeness (QED) is 0.833. The van der Waals surface area contributed by atoms with Gasteiger partial charge in [0.2, 0.25) is 0 Å². The zero-order valence-electron chi connectivity index (χ0n) is 14.0. The molecule has 128 valence electrons. The topological polar surface area (TPSA) is 58.6 Å². The summed E-state index contributed by atoms with van der Waals surface area (Å²) in [7, 11) is 0. The van der Waals surface area contributed by atoms with Gasteiger partial charge in [-0.1, -0.05) is 6.07 Å². The number of nitrogens with zero attached hydrogens (tertiary/aromatic N) is 4. The maximum absolute atomic E-state index is 12.8. The maximum Gasteiger partial charge on any atom is 0.264 e. The minimum Gasteiger partial charge on any atom is -0.377 e. The Morgan fingerprint density at radius 2 is 2.25 bits per heavy atom. The normalized spacial score (nSPS) is 17.8. The number of rotatable bonds is 5. The summed E-state index contributed by atoms with van der Waals surface area (Å²) < 4.78 is 5.60. The molecule has 1 aliphatic heterocycles. The van der Waals surface area contributed by atoms with Crippen LogP contribution in [0, 0.1) is 0 Å². The Bertz CT molecular complexity index is 673. The SMILES string of the molecule is CCN(CC)c1ccnc([C@@H]2COCCN2C(=O)c2cccs2)n1. The standard InChI is InChI=1S/C17H22N4O2S/c1-3-20(4-2)15-7-8-18-16(19-15)13-12-23-10-9-21(13)17(22)14-6-5-11-24-14/h5-8,11,13H,3-4,9-10,12H2,1-2H3/t13-/m0/s1. The number of thiophene rings is 1. The lowest BCUT2D eigenvalue weighted by Crippen LogP contribution is -2.44. The number of morpholine rings is 1. The number of hydrogen-bond acceptors (Lipinski definition) is 6. The highest BCUT2D eigenvalue weighted by molar-refractivity contribution is 7.12. The number of amides is 1. The predicted octanol–water partition coefficient (Wildman–Crippen LogP) is 2.60. The lowest BCUT2D eigenvalue weighted by atomic mass is 10.2. The molecule has 1 atom stereocenters. The van der Waals surface area contributed by atoms with Crippen LogP contribution in [0.15, 0.2) is 29.8 Å². The largest absolute Gasteiger partial charge is 0.377 e. The minimum atomic E-state index is -0.246. The highest BCUT2D eigenvalue weighted by Gasteiger charge is 2.32. The van der Waals surface area contributed by atoms with Crippen molar-refractivity contribution in [3.05, 3.63) is 40.5 Å². The highest BCUT2D eigenvalue weighted by Crippen LogP contribution is 2.26. The van der Waals surface area contributed by atoms with E-state index in [0.29, 0.717) is 25.6 Å². The van der Waals surface area contributed by atoms with E-state index in [4.69, 9.17) is 9.72 Å². The van der Waals surface area contributed by atoms with Gasteiger partial charge in [-0.05, 0) is 31.4 Å². The predicted molar refractivity (Wildman–Crippen MR) is 94.5 cm³/mol. The van der Waals surface area contributed by atoms with Crippen LogP contribution in [0.3, 0.4) is 0 Å². The van der Waals surface area contributed by atoms with Gasteiger partial charge in [0.05, 0.1) is 18.1 Å². The molecule has 0 spiro atoms. The van der Waals surface area contributed by atoms with Gasteiger partial charge >= 0.3 is 0 Å². The molecular formula is C17H22N4O2S. The van der Waals surface area contributed by atoms with Crippen molar-refractivity contribution in [3.8, 4) is 0 Å². The zero-order valence-corrected chi connectivity index (χ0v) is 14.8. The average Bonchev–Trinajstić information content (AvgIpc) is 3.17. The molecule has 0 aromatic carbocycles. The monoisotopic (exact) mass is 346 g/mol. The molecule has 0 radical (unpaired) electrons. The van der Waals surface area contributed by atoms with Crippen molar-refractivity contribution in [1.82, 2.24) is 14.9 Å². The number of anilines is 1. The molecule has 1 saturated heterocycles. The molecule has 6 nitrogen and oxygen atoms in total. The molecule has 3 rings (SSSR count). The molecule has 1 aliphatic rings. The van der Waals surface area contributed by atoms with Crippen LogP contribution in [-0.4, -0.2) is 53.6 Å². The van der Waals surface area contributed by atoms with Crippen LogP contribution < -0.4 is 4.90 Å². The Morgan fingerprint density at radius 3 is 2.96 bits per heavy atom. The number of ether oxygens (including phenoxy) is 1. The van der Waals surface area contributed by atoms with Gasteiger partial charge in [-0.15, -0.1) is 11.3 Å². The first-order chi connectivity index (χ1) is 11.7. The highest BCUT2D eigenvalue weighted by atomic mass is 32.1. The molecule has 0 aliphatic carbocycles. The summed E-state index contributed by atoms with van der Waals surface area (Å²) in [5.74, 6) is 1.55. The summed E-state index contributed by atoms with van der Waals surface area (Å²) in [5, 5.41) is 1.92. The second-order valence-electron chi connectivity index (χ2n) is 5.51. The molecule has 2 aromatic rings. The summed E-state index contributed by atoms with van der Waals surface area (Å²) >= 11 is 1.46. The van der Waals surface area contributed by atoms with Crippen molar-refractivity contribution in [2.75, 3.05) is 37.7 Å². The number of carbonyl (C=O) groups excluding carboxylic acids is 1. The van der Waals surface area contributed by atoms with Crippen molar-refractivity contribution >= 4 is 23.1 Å². The first-order valence-corrected chi connectivity index (χ1v) is 9.12. The second-order valence-corrected chi connectivity index (χ2v) is 6.46. The van der Waals surface area contributed by atoms with Gasteiger partial charge in [0.1, 0.15) is 11.9 Å². The van der Waals surface area contributed by atoms with Crippen LogP contribution in [0.4, 0.5) is 5.82 Å². The van der Waals surface area contributed by atoms with Crippen LogP contribution in [0.5, 0.6) is 0 Å². The fraction of sp³-hybridized carbons (Fsp3) is 0.471. The average molecular weight is 346 g/mol. The van der Waals surface area contributed by atoms with Crippen molar-refractivity contribution in [3.63, 3.8) is 0 Å². The van der Waals surface area contributed by atoms with E-state index in [2.05, 4.69) is 23.7 Å². The van der Waals surface area contributed by atoms with Crippen LogP contribution >= 0.6 is 11.3 Å². The van der Waals surface area contributed by atoms with E-state index < -0.39 is 0 Å². The van der Waals surface area contributed by atoms with Gasteiger partial charge in [0, 0.05) is 25.8 Å². The van der Waals surface area contributed by atoms with Crippen LogP contribution in [0.2, 0.25) is 0 Å². The first-order valence-electron chi connectivity index (χ1n) is 8.24. The number of aromatic nitrogens is 2. The molecule has 24 heavy (non-hydrogen) atoms. The Kier molecular flexibility index (Phi) is 5.42. The zero-order chi connectivity index (χ0) is 16.9. The second kappa shape index (κ2) is 7.72. The lowest BCUT2D eigenvalue weighted by Gasteiger charge is -2.34. The van der Waals surface area contributed by atoms with E-state index in [0.717, 1.165) is 23.8 Å². The van der Waals surface area contributed by atoms with Gasteiger partial charge in [-0.3, -0.25) is 4.79 Å². The Hall–Kier alpha value is -1.99. The minimum absolute atomic E-state index is 0.0233. The summed E-state index contributed by atoms with van der Waals surface area (Å²) in [6.07, 6.45) is 1.76. The van der Waals surface area contributed by atoms with Crippen molar-refractivity contribution in [1.29, 1.82) is 0 Å². The molecule has 2 aromatic heterocycles. The smallest absolute Gasteiger partial charge is 0.264 e. The number of hydrogen-bond donors (Lipinski definition) is 0. The third-order valence-electron chi connectivity index (χ3n) is 4.17. The van der Waals surface area contributed by atoms with E-state index in [9.17, 15) is 4.79 Å². The summed E-state index contributed by atoms with van der Waals surface area (Å²) in [4.78, 5) is 26.6. The van der Waals surface area contributed by atoms with Gasteiger partial charge in [-0.2, -0.15) is 0 Å². The molecular weight excluding hydrogens is 324 g/mol. The van der Waals surface area contributed by atoms with Crippen LogP contribution in [-0.2, 0) is 4.74 Å². The lowest BCUT2D eigenvalue weighted by molar-refractivity contribution is -0.00494. The van der Waals surface area contributed by atoms with Gasteiger partial charge in [-0.25, -0.2) is 9.97 Å². The van der Waals surface area contributed by atoms with E-state index in [1.807, 2.05) is 28.5 Å². The molecule has 1 fully saturated rings. The molecule has 0 unspecified atom stereocenters. The van der Waals surface area contributed by atoms with Gasteiger partial charge in [0.25, 0.3) is 5.91 Å². The third-order valence-corrected chi connectivity index (χ3v) is 5.02. The van der Waals surface area contributed by atoms with E-state index in [1.54, 1.807) is 6.20 Å². The summed E-state index contributed by atoms with van der Waals surface area (Å²) in [5.41, 5.74) is 0. The molecule has 1 amide bonds. The Balaban J connectivity index is 1.88. The summed E-state index contributed by atoms with van der Waals surface area (Å²) in [6, 6.07) is 5.41. The van der Waals surface area contributed by atoms with Gasteiger partial charge in [0.15, 0.2) is 5.82 Å². The van der Waals surface area contributed by atoms with E-state index in [-0.39, 0.29) is 11.9 Å². The van der Waals surface area contributed by atoms with Crippen LogP contribution in [0.25, 0.3) is 0 Å². The Morgan fingerprint density at radius 1 is 1.42 bits per heavy atom. The van der Waals surface area contributed by atoms with Crippen molar-refractivity contribution < 1.29 is 9.53 Å². The number of carbonyl (C=O) groups is 1. The molecule has 0 saturated carbocycles. The fourth-order valence-corrected chi connectivity index (χ4v) is 3.53. The Labute approximate surface area is 146 Å². The van der Waals surface area contributed by atoms with E-state index >= 15 is 0 Å². The first kappa shape index (κ1) is 16.9. The summed E-state index contributed by atoms with van der Waals surface area (Å²) in [6.45, 7) is 7.49. The van der Waals surface area contributed by atoms with Crippen molar-refractivity contribution in [2.45, 2.75) is 19.9 Å². The molecule has 3 heterocycles. The third kappa shape index (κ3) is 3.42. The molecule has 7 heteroatoms. The maximum atomic E-state index is 12.8. The van der Waals surface area contributed by atoms with Crippen molar-refractivity contribution in [2.24, 2.45) is 0 Å².